The minimum atomic E-state index is 0.158. The van der Waals surface area contributed by atoms with Crippen molar-refractivity contribution in [2.45, 2.75) is 53.1 Å². The normalized spacial score (nSPS) is 12.1. The van der Waals surface area contributed by atoms with Crippen LogP contribution in [0, 0.1) is 13.8 Å². The van der Waals surface area contributed by atoms with Crippen molar-refractivity contribution in [2.24, 2.45) is 7.05 Å². The van der Waals surface area contributed by atoms with E-state index in [1.165, 1.54) is 11.3 Å². The van der Waals surface area contributed by atoms with Gasteiger partial charge in [-0.15, -0.1) is 0 Å². The molecule has 0 bridgehead atoms. The van der Waals surface area contributed by atoms with Gasteiger partial charge in [0.15, 0.2) is 0 Å². The molecule has 0 fully saturated rings. The summed E-state index contributed by atoms with van der Waals surface area (Å²) in [6, 6.07) is 2.04. The first-order chi connectivity index (χ1) is 9.76. The summed E-state index contributed by atoms with van der Waals surface area (Å²) in [5.74, 6) is 0. The van der Waals surface area contributed by atoms with Crippen molar-refractivity contribution in [3.05, 3.63) is 34.9 Å². The summed E-state index contributed by atoms with van der Waals surface area (Å²) in [6.45, 7) is 12.5. The van der Waals surface area contributed by atoms with Gasteiger partial charge in [0.25, 0.3) is 0 Å². The third kappa shape index (κ3) is 4.17. The lowest BCUT2D eigenvalue weighted by atomic mass is 10.1. The maximum atomic E-state index is 4.67. The number of nitrogens with one attached hydrogen (secondary N) is 1. The third-order valence-electron chi connectivity index (χ3n) is 3.64. The van der Waals surface area contributed by atoms with Crippen molar-refractivity contribution in [2.75, 3.05) is 6.54 Å². The second-order valence-corrected chi connectivity index (χ2v) is 6.71. The fourth-order valence-electron chi connectivity index (χ4n) is 2.51. The van der Waals surface area contributed by atoms with Gasteiger partial charge in [0.1, 0.15) is 0 Å². The molecule has 21 heavy (non-hydrogen) atoms. The smallest absolute Gasteiger partial charge is 0.0853 e. The van der Waals surface area contributed by atoms with Crippen molar-refractivity contribution in [1.29, 1.82) is 0 Å². The lowest BCUT2D eigenvalue weighted by Crippen LogP contribution is -2.37. The lowest BCUT2D eigenvalue weighted by Gasteiger charge is -2.20. The Balaban J connectivity index is 2.06. The highest BCUT2D eigenvalue weighted by Gasteiger charge is 2.14. The van der Waals surface area contributed by atoms with Crippen LogP contribution < -0.4 is 5.32 Å². The lowest BCUT2D eigenvalue weighted by molar-refractivity contribution is 0.429. The monoisotopic (exact) mass is 289 g/mol. The van der Waals surface area contributed by atoms with E-state index < -0.39 is 0 Å². The molecular weight excluding hydrogens is 262 g/mol. The van der Waals surface area contributed by atoms with E-state index >= 15 is 0 Å². The molecule has 0 radical (unpaired) electrons. The van der Waals surface area contributed by atoms with Gasteiger partial charge in [0, 0.05) is 24.5 Å². The number of hydrogen-bond acceptors (Lipinski definition) is 3. The van der Waals surface area contributed by atoms with Crippen molar-refractivity contribution < 1.29 is 0 Å². The number of rotatable bonds is 5. The maximum absolute atomic E-state index is 4.67. The Hall–Kier alpha value is -1.62. The second kappa shape index (κ2) is 6.02. The summed E-state index contributed by atoms with van der Waals surface area (Å²) >= 11 is 0. The van der Waals surface area contributed by atoms with E-state index in [-0.39, 0.29) is 5.54 Å². The molecule has 0 atom stereocenters. The summed E-state index contributed by atoms with van der Waals surface area (Å²) in [5.41, 5.74) is 4.92. The molecule has 0 saturated carbocycles. The number of aromatic nitrogens is 4. The summed E-state index contributed by atoms with van der Waals surface area (Å²) in [4.78, 5) is 0. The SMILES string of the molecule is Cc1nn(Cc2ccn(C)n2)c(C)c1CCNC(C)(C)C. The Morgan fingerprint density at radius 3 is 2.48 bits per heavy atom. The van der Waals surface area contributed by atoms with Crippen LogP contribution in [0.25, 0.3) is 0 Å². The predicted molar refractivity (Wildman–Crippen MR) is 85.5 cm³/mol. The molecule has 0 aromatic carbocycles. The molecule has 0 aliphatic carbocycles. The van der Waals surface area contributed by atoms with E-state index in [2.05, 4.69) is 54.8 Å². The van der Waals surface area contributed by atoms with E-state index in [1.54, 1.807) is 0 Å². The summed E-state index contributed by atoms with van der Waals surface area (Å²) in [5, 5.41) is 12.6. The molecule has 5 nitrogen and oxygen atoms in total. The van der Waals surface area contributed by atoms with Gasteiger partial charge in [0.05, 0.1) is 17.9 Å². The van der Waals surface area contributed by atoms with Gasteiger partial charge in [0.2, 0.25) is 0 Å². The quantitative estimate of drug-likeness (QED) is 0.918. The van der Waals surface area contributed by atoms with Gasteiger partial charge in [-0.1, -0.05) is 0 Å². The van der Waals surface area contributed by atoms with Crippen LogP contribution >= 0.6 is 0 Å². The zero-order valence-electron chi connectivity index (χ0n) is 14.1. The van der Waals surface area contributed by atoms with Crippen molar-refractivity contribution in [3.8, 4) is 0 Å². The minimum absolute atomic E-state index is 0.158. The van der Waals surface area contributed by atoms with Gasteiger partial charge in [-0.25, -0.2) is 0 Å². The van der Waals surface area contributed by atoms with Crippen LogP contribution in [-0.4, -0.2) is 31.6 Å². The van der Waals surface area contributed by atoms with Crippen LogP contribution in [0.3, 0.4) is 0 Å². The van der Waals surface area contributed by atoms with E-state index in [1.807, 2.05) is 24.0 Å². The number of aryl methyl sites for hydroxylation is 2. The van der Waals surface area contributed by atoms with E-state index in [0.29, 0.717) is 0 Å². The molecular formula is C16H27N5. The van der Waals surface area contributed by atoms with Crippen LogP contribution in [-0.2, 0) is 20.0 Å². The summed E-state index contributed by atoms with van der Waals surface area (Å²) in [7, 11) is 1.94. The molecule has 0 unspecified atom stereocenters. The fourth-order valence-corrected chi connectivity index (χ4v) is 2.51. The highest BCUT2D eigenvalue weighted by Crippen LogP contribution is 2.15. The molecule has 0 aliphatic heterocycles. The second-order valence-electron chi connectivity index (χ2n) is 6.71. The number of nitrogens with zero attached hydrogens (tertiary/aromatic N) is 4. The molecule has 2 aromatic rings. The van der Waals surface area contributed by atoms with Crippen molar-refractivity contribution >= 4 is 0 Å². The highest BCUT2D eigenvalue weighted by atomic mass is 15.3. The molecule has 1 N–H and O–H groups in total. The largest absolute Gasteiger partial charge is 0.312 e. The predicted octanol–water partition coefficient (Wildman–Crippen LogP) is 2.21. The zero-order chi connectivity index (χ0) is 15.6. The van der Waals surface area contributed by atoms with Crippen molar-refractivity contribution in [1.82, 2.24) is 24.9 Å². The van der Waals surface area contributed by atoms with Gasteiger partial charge >= 0.3 is 0 Å². The summed E-state index contributed by atoms with van der Waals surface area (Å²) in [6.07, 6.45) is 2.98. The molecule has 5 heteroatoms. The van der Waals surface area contributed by atoms with Crippen molar-refractivity contribution in [3.63, 3.8) is 0 Å². The molecule has 0 spiro atoms. The minimum Gasteiger partial charge on any atom is -0.312 e. The number of hydrogen-bond donors (Lipinski definition) is 1. The van der Waals surface area contributed by atoms with E-state index in [0.717, 1.165) is 30.9 Å². The first-order valence-electron chi connectivity index (χ1n) is 7.53. The summed E-state index contributed by atoms with van der Waals surface area (Å²) < 4.78 is 3.89. The van der Waals surface area contributed by atoms with Crippen LogP contribution in [0.15, 0.2) is 12.3 Å². The van der Waals surface area contributed by atoms with Gasteiger partial charge in [-0.05, 0) is 59.2 Å². The van der Waals surface area contributed by atoms with Gasteiger partial charge in [-0.3, -0.25) is 9.36 Å². The first kappa shape index (κ1) is 15.8. The Kier molecular flexibility index (Phi) is 4.52. The Labute approximate surface area is 127 Å². The van der Waals surface area contributed by atoms with E-state index in [4.69, 9.17) is 0 Å². The third-order valence-corrected chi connectivity index (χ3v) is 3.64. The zero-order valence-corrected chi connectivity index (χ0v) is 14.1. The Morgan fingerprint density at radius 2 is 1.90 bits per heavy atom. The van der Waals surface area contributed by atoms with Gasteiger partial charge in [-0.2, -0.15) is 10.2 Å². The first-order valence-corrected chi connectivity index (χ1v) is 7.53. The average molecular weight is 289 g/mol. The highest BCUT2D eigenvalue weighted by molar-refractivity contribution is 5.25. The Morgan fingerprint density at radius 1 is 1.19 bits per heavy atom. The molecule has 2 aromatic heterocycles. The standard InChI is InChI=1S/C16H27N5/c1-12-15(7-9-17-16(3,4)5)13(2)21(18-12)11-14-8-10-20(6)19-14/h8,10,17H,7,9,11H2,1-6H3. The van der Waals surface area contributed by atoms with Crippen LogP contribution in [0.4, 0.5) is 0 Å². The molecule has 116 valence electrons. The average Bonchev–Trinajstić information content (AvgIpc) is 2.87. The molecule has 2 heterocycles. The van der Waals surface area contributed by atoms with Crippen LogP contribution in [0.2, 0.25) is 0 Å². The van der Waals surface area contributed by atoms with E-state index in [9.17, 15) is 0 Å². The molecule has 0 saturated heterocycles. The van der Waals surface area contributed by atoms with Gasteiger partial charge < -0.3 is 5.32 Å². The van der Waals surface area contributed by atoms with Crippen LogP contribution in [0.5, 0.6) is 0 Å². The van der Waals surface area contributed by atoms with Crippen LogP contribution in [0.1, 0.15) is 43.4 Å². The fraction of sp³-hybridized carbons (Fsp3) is 0.625. The maximum Gasteiger partial charge on any atom is 0.0853 e. The topological polar surface area (TPSA) is 47.7 Å². The Bertz CT molecular complexity index is 601. The molecule has 0 amide bonds. The molecule has 0 aliphatic rings. The molecule has 2 rings (SSSR count).